The van der Waals surface area contributed by atoms with Gasteiger partial charge in [0.15, 0.2) is 17.3 Å². The largest absolute Gasteiger partial charge is 0.454 e. The van der Waals surface area contributed by atoms with E-state index in [1.807, 2.05) is 30.3 Å². The van der Waals surface area contributed by atoms with Gasteiger partial charge in [-0.05, 0) is 48.9 Å². The van der Waals surface area contributed by atoms with Crippen molar-refractivity contribution in [3.05, 3.63) is 64.3 Å². The molecule has 0 saturated heterocycles. The quantitative estimate of drug-likeness (QED) is 0.688. The van der Waals surface area contributed by atoms with E-state index in [9.17, 15) is 4.79 Å². The maximum Gasteiger partial charge on any atom is 0.248 e. The van der Waals surface area contributed by atoms with Gasteiger partial charge < -0.3 is 20.5 Å². The number of hydrogen-bond acceptors (Lipinski definition) is 6. The molecule has 9 heteroatoms. The minimum atomic E-state index is -0.549. The summed E-state index contributed by atoms with van der Waals surface area (Å²) < 4.78 is 12.6. The summed E-state index contributed by atoms with van der Waals surface area (Å²) in [6, 6.07) is 12.2. The summed E-state index contributed by atoms with van der Waals surface area (Å²) in [5, 5.41) is 8.41. The Balaban J connectivity index is 1.66. The first kappa shape index (κ1) is 17.6. The van der Waals surface area contributed by atoms with Crippen molar-refractivity contribution in [2.24, 2.45) is 5.73 Å². The van der Waals surface area contributed by atoms with E-state index in [0.29, 0.717) is 39.6 Å². The summed E-state index contributed by atoms with van der Waals surface area (Å²) in [6.07, 6.45) is 0. The van der Waals surface area contributed by atoms with Crippen molar-refractivity contribution in [2.45, 2.75) is 13.0 Å². The Morgan fingerprint density at radius 3 is 2.72 bits per heavy atom. The van der Waals surface area contributed by atoms with Gasteiger partial charge in [-0.3, -0.25) is 4.79 Å². The van der Waals surface area contributed by atoms with Crippen LogP contribution in [0.3, 0.4) is 0 Å². The van der Waals surface area contributed by atoms with Crippen LogP contribution in [0.25, 0.3) is 11.4 Å². The van der Waals surface area contributed by atoms with Crippen molar-refractivity contribution >= 4 is 23.5 Å². The van der Waals surface area contributed by atoms with E-state index in [-0.39, 0.29) is 6.79 Å². The molecule has 2 aromatic carbocycles. The molecule has 0 radical (unpaired) electrons. The second-order valence-corrected chi connectivity index (χ2v) is 7.19. The number of nitrogens with two attached hydrogens (primary N) is 1. The summed E-state index contributed by atoms with van der Waals surface area (Å²) in [5.41, 5.74) is 8.35. The number of allylic oxidation sites excluding steroid dienone is 1. The van der Waals surface area contributed by atoms with Gasteiger partial charge in [-0.1, -0.05) is 17.7 Å². The standard InChI is InChI=1S/C20H16ClN5O3/c1-10-16(18(22)27)17(12-4-7-14-15(8-12)29-9-28-14)26-20(23-10)24-19(25-26)11-2-5-13(21)6-3-11/h2-8,17H,9H2,1H3,(H2,22,27)(H,23,24,25). The van der Waals surface area contributed by atoms with Crippen LogP contribution < -0.4 is 20.5 Å². The zero-order valence-corrected chi connectivity index (χ0v) is 16.1. The smallest absolute Gasteiger partial charge is 0.248 e. The van der Waals surface area contributed by atoms with Crippen LogP contribution in [0.4, 0.5) is 5.95 Å². The van der Waals surface area contributed by atoms with E-state index < -0.39 is 11.9 Å². The Kier molecular flexibility index (Phi) is 3.95. The van der Waals surface area contributed by atoms with E-state index in [2.05, 4.69) is 15.4 Å². The van der Waals surface area contributed by atoms with Crippen LogP contribution >= 0.6 is 11.6 Å². The Hall–Kier alpha value is -3.52. The molecule has 3 aromatic rings. The van der Waals surface area contributed by atoms with Gasteiger partial charge in [-0.25, -0.2) is 4.68 Å². The Labute approximate surface area is 170 Å². The number of anilines is 1. The summed E-state index contributed by atoms with van der Waals surface area (Å²) in [7, 11) is 0. The molecular formula is C20H16ClN5O3. The van der Waals surface area contributed by atoms with Crippen molar-refractivity contribution in [2.75, 3.05) is 12.1 Å². The summed E-state index contributed by atoms with van der Waals surface area (Å²) in [6.45, 7) is 1.96. The lowest BCUT2D eigenvalue weighted by Crippen LogP contribution is -2.31. The van der Waals surface area contributed by atoms with Crippen LogP contribution in [0.1, 0.15) is 18.5 Å². The highest BCUT2D eigenvalue weighted by Gasteiger charge is 2.34. The van der Waals surface area contributed by atoms with E-state index >= 15 is 0 Å². The van der Waals surface area contributed by atoms with Crippen molar-refractivity contribution in [1.82, 2.24) is 14.8 Å². The number of nitrogens with zero attached hydrogens (tertiary/aromatic N) is 3. The first-order valence-electron chi connectivity index (χ1n) is 8.91. The van der Waals surface area contributed by atoms with E-state index in [1.54, 1.807) is 23.7 Å². The Bertz CT molecular complexity index is 1170. The molecule has 8 nitrogen and oxygen atoms in total. The molecule has 1 atom stereocenters. The van der Waals surface area contributed by atoms with Crippen molar-refractivity contribution in [1.29, 1.82) is 0 Å². The molecule has 146 valence electrons. The minimum absolute atomic E-state index is 0.165. The zero-order valence-electron chi connectivity index (χ0n) is 15.3. The molecular weight excluding hydrogens is 394 g/mol. The van der Waals surface area contributed by atoms with Gasteiger partial charge in [0, 0.05) is 16.3 Å². The van der Waals surface area contributed by atoms with Gasteiger partial charge in [-0.15, -0.1) is 5.10 Å². The summed E-state index contributed by atoms with van der Waals surface area (Å²) in [5.74, 6) is 1.76. The molecule has 0 spiro atoms. The highest BCUT2D eigenvalue weighted by molar-refractivity contribution is 6.30. The maximum atomic E-state index is 12.3. The lowest BCUT2D eigenvalue weighted by atomic mass is 9.95. The molecule has 1 amide bonds. The average Bonchev–Trinajstić information content (AvgIpc) is 3.33. The van der Waals surface area contributed by atoms with Crippen LogP contribution in [-0.2, 0) is 4.79 Å². The van der Waals surface area contributed by atoms with Crippen LogP contribution in [0.2, 0.25) is 5.02 Å². The fraction of sp³-hybridized carbons (Fsp3) is 0.150. The second kappa shape index (κ2) is 6.52. The number of nitrogens with one attached hydrogen (secondary N) is 1. The van der Waals surface area contributed by atoms with Gasteiger partial charge in [-0.2, -0.15) is 4.98 Å². The number of halogens is 1. The molecule has 0 saturated carbocycles. The fourth-order valence-electron chi connectivity index (χ4n) is 3.58. The molecule has 3 N–H and O–H groups in total. The number of carbonyl (C=O) groups is 1. The van der Waals surface area contributed by atoms with Crippen LogP contribution in [0.5, 0.6) is 11.5 Å². The number of rotatable bonds is 3. The second-order valence-electron chi connectivity index (χ2n) is 6.75. The summed E-state index contributed by atoms with van der Waals surface area (Å²) >= 11 is 5.98. The predicted octanol–water partition coefficient (Wildman–Crippen LogP) is 3.10. The predicted molar refractivity (Wildman–Crippen MR) is 107 cm³/mol. The molecule has 0 aliphatic carbocycles. The molecule has 5 rings (SSSR count). The lowest BCUT2D eigenvalue weighted by molar-refractivity contribution is -0.115. The zero-order chi connectivity index (χ0) is 20.1. The van der Waals surface area contributed by atoms with Crippen molar-refractivity contribution in [3.8, 4) is 22.9 Å². The van der Waals surface area contributed by atoms with Crippen LogP contribution in [0, 0.1) is 0 Å². The first-order chi connectivity index (χ1) is 14.0. The number of fused-ring (bicyclic) bond motifs is 2. The molecule has 1 aromatic heterocycles. The molecule has 2 aliphatic rings. The highest BCUT2D eigenvalue weighted by atomic mass is 35.5. The highest BCUT2D eigenvalue weighted by Crippen LogP contribution is 2.40. The van der Waals surface area contributed by atoms with Gasteiger partial charge in [0.2, 0.25) is 18.6 Å². The molecule has 0 fully saturated rings. The Morgan fingerprint density at radius 2 is 1.97 bits per heavy atom. The topological polar surface area (TPSA) is 104 Å². The van der Waals surface area contributed by atoms with Gasteiger partial charge in [0.1, 0.15) is 6.04 Å². The van der Waals surface area contributed by atoms with E-state index in [4.69, 9.17) is 26.8 Å². The van der Waals surface area contributed by atoms with E-state index in [1.165, 1.54) is 0 Å². The number of hydrogen-bond donors (Lipinski definition) is 2. The fourth-order valence-corrected chi connectivity index (χ4v) is 3.71. The molecule has 2 aliphatic heterocycles. The van der Waals surface area contributed by atoms with Gasteiger partial charge in [0.05, 0.1) is 5.57 Å². The monoisotopic (exact) mass is 409 g/mol. The maximum absolute atomic E-state index is 12.3. The lowest BCUT2D eigenvalue weighted by Gasteiger charge is -2.27. The third kappa shape index (κ3) is 2.89. The van der Waals surface area contributed by atoms with Gasteiger partial charge in [0.25, 0.3) is 0 Å². The number of carbonyl (C=O) groups excluding carboxylic acids is 1. The number of aromatic nitrogens is 3. The number of primary amides is 1. The molecule has 29 heavy (non-hydrogen) atoms. The minimum Gasteiger partial charge on any atom is -0.454 e. The average molecular weight is 410 g/mol. The van der Waals surface area contributed by atoms with Crippen molar-refractivity contribution < 1.29 is 14.3 Å². The first-order valence-corrected chi connectivity index (χ1v) is 9.28. The normalized spacial score (nSPS) is 17.1. The van der Waals surface area contributed by atoms with E-state index in [0.717, 1.165) is 11.1 Å². The van der Waals surface area contributed by atoms with Crippen molar-refractivity contribution in [3.63, 3.8) is 0 Å². The number of amides is 1. The third-order valence-electron chi connectivity index (χ3n) is 4.93. The van der Waals surface area contributed by atoms with Gasteiger partial charge >= 0.3 is 0 Å². The SMILES string of the molecule is CC1=C(C(N)=O)C(c2ccc3c(c2)OCO3)n2nc(-c3ccc(Cl)cc3)nc2N1. The number of benzene rings is 2. The number of ether oxygens (including phenoxy) is 2. The summed E-state index contributed by atoms with van der Waals surface area (Å²) in [4.78, 5) is 16.9. The van der Waals surface area contributed by atoms with Crippen LogP contribution in [0.15, 0.2) is 53.7 Å². The Morgan fingerprint density at radius 1 is 1.21 bits per heavy atom. The molecule has 0 bridgehead atoms. The third-order valence-corrected chi connectivity index (χ3v) is 5.18. The molecule has 1 unspecified atom stereocenters. The van der Waals surface area contributed by atoms with Crippen LogP contribution in [-0.4, -0.2) is 27.5 Å². The molecule has 3 heterocycles.